The largest absolute Gasteiger partial charge is 0.381 e. The molecule has 8 nitrogen and oxygen atoms in total. The van der Waals surface area contributed by atoms with Gasteiger partial charge in [0.15, 0.2) is 11.6 Å². The van der Waals surface area contributed by atoms with Crippen LogP contribution in [0.3, 0.4) is 0 Å². The number of nitrogens with zero attached hydrogens (tertiary/aromatic N) is 5. The second-order valence-corrected chi connectivity index (χ2v) is 8.36. The van der Waals surface area contributed by atoms with Gasteiger partial charge in [-0.25, -0.2) is 0 Å². The Morgan fingerprint density at radius 1 is 1.23 bits per heavy atom. The second kappa shape index (κ2) is 12.5. The Labute approximate surface area is 202 Å². The molecular weight excluding hydrogens is 505 g/mol. The van der Waals surface area contributed by atoms with Crippen LogP contribution in [-0.2, 0) is 11.2 Å². The standard InChI is InChI=1S/C22H35N7O.HI/c1-2-23-22(24-11-5-7-21-27-26-20-6-3-4-12-29(20)21)25-19-8-13-28(14-9-19)16-18-10-15-30-17-18;/h3-4,6,12,18-19H,2,5,7-11,13-17H2,1H3,(H2,23,24,25);1H. The number of fused-ring (bicyclic) bond motifs is 1. The monoisotopic (exact) mass is 541 g/mol. The number of ether oxygens (including phenoxy) is 1. The van der Waals surface area contributed by atoms with Crippen LogP contribution in [0.2, 0.25) is 0 Å². The van der Waals surface area contributed by atoms with Crippen molar-refractivity contribution in [3.63, 3.8) is 0 Å². The molecule has 0 bridgehead atoms. The Hall–Kier alpha value is -1.46. The Morgan fingerprint density at radius 2 is 2.10 bits per heavy atom. The molecule has 0 radical (unpaired) electrons. The molecule has 2 aromatic heterocycles. The minimum Gasteiger partial charge on any atom is -0.381 e. The van der Waals surface area contributed by atoms with Gasteiger partial charge in [-0.3, -0.25) is 9.39 Å². The van der Waals surface area contributed by atoms with Gasteiger partial charge in [-0.2, -0.15) is 0 Å². The van der Waals surface area contributed by atoms with Gasteiger partial charge in [-0.1, -0.05) is 6.07 Å². The van der Waals surface area contributed by atoms with Crippen LogP contribution in [0.5, 0.6) is 0 Å². The number of aromatic nitrogens is 3. The molecular formula is C22H36IN7O. The van der Waals surface area contributed by atoms with Gasteiger partial charge >= 0.3 is 0 Å². The molecule has 0 amide bonds. The van der Waals surface area contributed by atoms with Crippen LogP contribution in [0.4, 0.5) is 0 Å². The average Bonchev–Trinajstić information content (AvgIpc) is 3.43. The van der Waals surface area contributed by atoms with Crippen molar-refractivity contribution in [2.75, 3.05) is 45.9 Å². The Balaban J connectivity index is 0.00000272. The third kappa shape index (κ3) is 7.01. The summed E-state index contributed by atoms with van der Waals surface area (Å²) in [4.78, 5) is 7.40. The lowest BCUT2D eigenvalue weighted by molar-refractivity contribution is 0.150. The SMILES string of the molecule is CCNC(=NCCCc1nnc2ccccn12)NC1CCN(CC2CCOC2)CC1.I. The molecule has 0 spiro atoms. The highest BCUT2D eigenvalue weighted by atomic mass is 127. The van der Waals surface area contributed by atoms with Gasteiger partial charge in [0.1, 0.15) is 5.82 Å². The number of hydrogen-bond donors (Lipinski definition) is 2. The molecule has 4 rings (SSSR count). The third-order valence-electron chi connectivity index (χ3n) is 6.03. The molecule has 0 aliphatic carbocycles. The summed E-state index contributed by atoms with van der Waals surface area (Å²) in [5.74, 6) is 2.67. The third-order valence-corrected chi connectivity index (χ3v) is 6.03. The summed E-state index contributed by atoms with van der Waals surface area (Å²) in [7, 11) is 0. The topological polar surface area (TPSA) is 79.1 Å². The molecule has 1 unspecified atom stereocenters. The number of aliphatic imine (C=N–C) groups is 1. The maximum atomic E-state index is 5.52. The van der Waals surface area contributed by atoms with Gasteiger partial charge in [0.2, 0.25) is 0 Å². The number of hydrogen-bond acceptors (Lipinski definition) is 5. The molecule has 9 heteroatoms. The molecule has 172 valence electrons. The van der Waals surface area contributed by atoms with E-state index >= 15 is 0 Å². The van der Waals surface area contributed by atoms with Crippen LogP contribution in [0.1, 0.15) is 38.4 Å². The van der Waals surface area contributed by atoms with Crippen LogP contribution in [0.15, 0.2) is 29.4 Å². The molecule has 2 aliphatic rings. The fraction of sp³-hybridized carbons (Fsp3) is 0.682. The second-order valence-electron chi connectivity index (χ2n) is 8.36. The number of aryl methyl sites for hydroxylation is 1. The van der Waals surface area contributed by atoms with E-state index in [0.29, 0.717) is 6.04 Å². The van der Waals surface area contributed by atoms with Gasteiger partial charge in [0, 0.05) is 58.0 Å². The highest BCUT2D eigenvalue weighted by Gasteiger charge is 2.24. The molecule has 2 aromatic rings. The first-order valence-corrected chi connectivity index (χ1v) is 11.5. The lowest BCUT2D eigenvalue weighted by Gasteiger charge is -2.34. The number of nitrogens with one attached hydrogen (secondary N) is 2. The average molecular weight is 541 g/mol. The minimum atomic E-state index is 0. The fourth-order valence-corrected chi connectivity index (χ4v) is 4.36. The molecule has 2 saturated heterocycles. The Kier molecular flexibility index (Phi) is 9.79. The van der Waals surface area contributed by atoms with Crippen LogP contribution in [0, 0.1) is 5.92 Å². The molecule has 2 fully saturated rings. The van der Waals surface area contributed by atoms with Crippen molar-refractivity contribution in [2.45, 2.75) is 45.1 Å². The van der Waals surface area contributed by atoms with E-state index in [0.717, 1.165) is 75.6 Å². The van der Waals surface area contributed by atoms with Crippen molar-refractivity contribution in [2.24, 2.45) is 10.9 Å². The summed E-state index contributed by atoms with van der Waals surface area (Å²) in [5.41, 5.74) is 0.901. The molecule has 2 N–H and O–H groups in total. The summed E-state index contributed by atoms with van der Waals surface area (Å²) < 4.78 is 7.57. The zero-order valence-electron chi connectivity index (χ0n) is 18.5. The number of halogens is 1. The maximum Gasteiger partial charge on any atom is 0.191 e. The zero-order chi connectivity index (χ0) is 20.6. The molecule has 4 heterocycles. The normalized spacial score (nSPS) is 20.7. The van der Waals surface area contributed by atoms with E-state index in [1.807, 2.05) is 24.4 Å². The lowest BCUT2D eigenvalue weighted by atomic mass is 10.0. The van der Waals surface area contributed by atoms with Crippen molar-refractivity contribution in [1.29, 1.82) is 0 Å². The van der Waals surface area contributed by atoms with E-state index in [-0.39, 0.29) is 24.0 Å². The van der Waals surface area contributed by atoms with Gasteiger partial charge in [-0.15, -0.1) is 34.2 Å². The summed E-state index contributed by atoms with van der Waals surface area (Å²) in [6, 6.07) is 6.48. The molecule has 0 saturated carbocycles. The Bertz CT molecular complexity index is 813. The van der Waals surface area contributed by atoms with E-state index in [1.54, 1.807) is 0 Å². The highest BCUT2D eigenvalue weighted by Crippen LogP contribution is 2.17. The van der Waals surface area contributed by atoms with Crippen molar-refractivity contribution in [1.82, 2.24) is 30.1 Å². The quantitative estimate of drug-likeness (QED) is 0.231. The Morgan fingerprint density at radius 3 is 2.87 bits per heavy atom. The maximum absolute atomic E-state index is 5.52. The first-order valence-electron chi connectivity index (χ1n) is 11.5. The van der Waals surface area contributed by atoms with Gasteiger partial charge in [0.25, 0.3) is 0 Å². The summed E-state index contributed by atoms with van der Waals surface area (Å²) in [6.45, 7) is 9.17. The van der Waals surface area contributed by atoms with E-state index < -0.39 is 0 Å². The number of likely N-dealkylation sites (tertiary alicyclic amines) is 1. The number of rotatable bonds is 8. The minimum absolute atomic E-state index is 0. The summed E-state index contributed by atoms with van der Waals surface area (Å²) in [6.07, 6.45) is 7.41. The van der Waals surface area contributed by atoms with Gasteiger partial charge < -0.3 is 20.3 Å². The number of pyridine rings is 1. The zero-order valence-corrected chi connectivity index (χ0v) is 20.8. The van der Waals surface area contributed by atoms with Gasteiger partial charge in [-0.05, 0) is 50.7 Å². The first kappa shape index (κ1) is 24.2. The fourth-order valence-electron chi connectivity index (χ4n) is 4.36. The summed E-state index contributed by atoms with van der Waals surface area (Å²) in [5, 5.41) is 15.6. The highest BCUT2D eigenvalue weighted by molar-refractivity contribution is 14.0. The van der Waals surface area contributed by atoms with Crippen molar-refractivity contribution in [3.05, 3.63) is 30.2 Å². The van der Waals surface area contributed by atoms with Crippen LogP contribution < -0.4 is 10.6 Å². The predicted molar refractivity (Wildman–Crippen MR) is 134 cm³/mol. The van der Waals surface area contributed by atoms with Crippen molar-refractivity contribution >= 4 is 35.6 Å². The van der Waals surface area contributed by atoms with Crippen LogP contribution >= 0.6 is 24.0 Å². The first-order chi connectivity index (χ1) is 14.8. The van der Waals surface area contributed by atoms with Crippen LogP contribution in [0.25, 0.3) is 5.65 Å². The van der Waals surface area contributed by atoms with Crippen molar-refractivity contribution < 1.29 is 4.74 Å². The van der Waals surface area contributed by atoms with Gasteiger partial charge in [0.05, 0.1) is 6.61 Å². The van der Waals surface area contributed by atoms with E-state index in [2.05, 4.69) is 37.1 Å². The van der Waals surface area contributed by atoms with E-state index in [1.165, 1.54) is 25.8 Å². The lowest BCUT2D eigenvalue weighted by Crippen LogP contribution is -2.49. The van der Waals surface area contributed by atoms with E-state index in [9.17, 15) is 0 Å². The predicted octanol–water partition coefficient (Wildman–Crippen LogP) is 2.34. The van der Waals surface area contributed by atoms with E-state index in [4.69, 9.17) is 9.73 Å². The summed E-state index contributed by atoms with van der Waals surface area (Å²) >= 11 is 0. The molecule has 31 heavy (non-hydrogen) atoms. The molecule has 2 aliphatic heterocycles. The molecule has 1 atom stereocenters. The smallest absolute Gasteiger partial charge is 0.191 e. The molecule has 0 aromatic carbocycles. The van der Waals surface area contributed by atoms with Crippen LogP contribution in [-0.4, -0.2) is 77.4 Å². The number of guanidine groups is 1. The van der Waals surface area contributed by atoms with Crippen molar-refractivity contribution in [3.8, 4) is 0 Å². The number of piperidine rings is 1.